The van der Waals surface area contributed by atoms with E-state index in [4.69, 9.17) is 4.74 Å². The zero-order valence-electron chi connectivity index (χ0n) is 19.7. The Morgan fingerprint density at radius 3 is 2.64 bits per heavy atom. The summed E-state index contributed by atoms with van der Waals surface area (Å²) in [7, 11) is 1.64. The summed E-state index contributed by atoms with van der Waals surface area (Å²) in [5.41, 5.74) is 1.72. The first-order valence-corrected chi connectivity index (χ1v) is 11.3. The van der Waals surface area contributed by atoms with Crippen LogP contribution in [0.4, 0.5) is 5.82 Å². The summed E-state index contributed by atoms with van der Waals surface area (Å²) in [6.45, 7) is 10.5. The summed E-state index contributed by atoms with van der Waals surface area (Å²) < 4.78 is 5.29. The van der Waals surface area contributed by atoms with Crippen molar-refractivity contribution in [3.63, 3.8) is 0 Å². The largest absolute Gasteiger partial charge is 0.497 e. The van der Waals surface area contributed by atoms with E-state index in [1.54, 1.807) is 18.1 Å². The van der Waals surface area contributed by atoms with Crippen LogP contribution in [0.25, 0.3) is 11.3 Å². The molecular weight excluding hydrogens is 418 g/mol. The van der Waals surface area contributed by atoms with Gasteiger partial charge in [-0.05, 0) is 30.7 Å². The molecule has 1 aromatic heterocycles. The van der Waals surface area contributed by atoms with Crippen molar-refractivity contribution >= 4 is 17.6 Å². The lowest BCUT2D eigenvalue weighted by molar-refractivity contribution is -0.141. The molecule has 1 fully saturated rings. The molecule has 0 bridgehead atoms. The van der Waals surface area contributed by atoms with E-state index < -0.39 is 0 Å². The standard InChI is InChI=1S/C25H33N5O3/c1-5-12-30(25(32)19(2)3)18-24(31)29-14-7-13-28(15-16-29)23-11-10-22(26-27-23)20-8-6-9-21(17-20)33-4/h5-6,8-11,17,19H,1,7,12-16,18H2,2-4H3. The van der Waals surface area contributed by atoms with E-state index in [-0.39, 0.29) is 24.3 Å². The number of anilines is 1. The highest BCUT2D eigenvalue weighted by molar-refractivity contribution is 5.85. The highest BCUT2D eigenvalue weighted by atomic mass is 16.5. The number of aromatic nitrogens is 2. The van der Waals surface area contributed by atoms with Crippen LogP contribution in [-0.4, -0.2) is 78.2 Å². The summed E-state index contributed by atoms with van der Waals surface area (Å²) in [6, 6.07) is 11.6. The number of carbonyl (C=O) groups excluding carboxylic acids is 2. The summed E-state index contributed by atoms with van der Waals surface area (Å²) in [5, 5.41) is 8.83. The van der Waals surface area contributed by atoms with Crippen molar-refractivity contribution in [1.29, 1.82) is 0 Å². The molecule has 2 heterocycles. The van der Waals surface area contributed by atoms with Gasteiger partial charge in [-0.15, -0.1) is 16.8 Å². The van der Waals surface area contributed by atoms with Gasteiger partial charge in [0.15, 0.2) is 5.82 Å². The molecule has 33 heavy (non-hydrogen) atoms. The van der Waals surface area contributed by atoms with E-state index in [2.05, 4.69) is 21.7 Å². The second-order valence-corrected chi connectivity index (χ2v) is 8.39. The van der Waals surface area contributed by atoms with E-state index in [1.165, 1.54) is 0 Å². The topological polar surface area (TPSA) is 78.9 Å². The highest BCUT2D eigenvalue weighted by Gasteiger charge is 2.24. The molecule has 1 aliphatic heterocycles. The predicted octanol–water partition coefficient (Wildman–Crippen LogP) is 2.86. The molecule has 176 valence electrons. The number of carbonyl (C=O) groups is 2. The predicted molar refractivity (Wildman–Crippen MR) is 129 cm³/mol. The number of hydrogen-bond acceptors (Lipinski definition) is 6. The molecule has 0 unspecified atom stereocenters. The molecule has 0 spiro atoms. The van der Waals surface area contributed by atoms with E-state index in [1.807, 2.05) is 55.1 Å². The third-order valence-electron chi connectivity index (χ3n) is 5.67. The van der Waals surface area contributed by atoms with Crippen molar-refractivity contribution in [3.8, 4) is 17.0 Å². The van der Waals surface area contributed by atoms with E-state index in [0.29, 0.717) is 26.2 Å². The molecule has 1 aromatic carbocycles. The molecular formula is C25H33N5O3. The average molecular weight is 452 g/mol. The van der Waals surface area contributed by atoms with Gasteiger partial charge in [-0.3, -0.25) is 9.59 Å². The molecule has 3 rings (SSSR count). The van der Waals surface area contributed by atoms with Crippen molar-refractivity contribution in [2.75, 3.05) is 51.3 Å². The van der Waals surface area contributed by atoms with Crippen molar-refractivity contribution in [2.24, 2.45) is 5.92 Å². The minimum Gasteiger partial charge on any atom is -0.497 e. The minimum atomic E-state index is -0.157. The lowest BCUT2D eigenvalue weighted by atomic mass is 10.1. The van der Waals surface area contributed by atoms with E-state index >= 15 is 0 Å². The summed E-state index contributed by atoms with van der Waals surface area (Å²) >= 11 is 0. The Labute approximate surface area is 195 Å². The monoisotopic (exact) mass is 451 g/mol. The number of rotatable bonds is 8. The Kier molecular flexibility index (Phi) is 8.40. The summed E-state index contributed by atoms with van der Waals surface area (Å²) in [6.07, 6.45) is 2.48. The Morgan fingerprint density at radius 2 is 1.97 bits per heavy atom. The minimum absolute atomic E-state index is 0.0350. The van der Waals surface area contributed by atoms with Gasteiger partial charge in [-0.1, -0.05) is 32.1 Å². The molecule has 0 radical (unpaired) electrons. The number of amides is 2. The number of methoxy groups -OCH3 is 1. The molecule has 2 amide bonds. The van der Waals surface area contributed by atoms with Gasteiger partial charge in [0.1, 0.15) is 12.3 Å². The number of nitrogens with zero attached hydrogens (tertiary/aromatic N) is 5. The maximum atomic E-state index is 12.9. The first-order valence-electron chi connectivity index (χ1n) is 11.3. The SMILES string of the molecule is C=CCN(CC(=O)N1CCCN(c2ccc(-c3cccc(OC)c3)nn2)CC1)C(=O)C(C)C. The van der Waals surface area contributed by atoms with Crippen molar-refractivity contribution in [1.82, 2.24) is 20.0 Å². The summed E-state index contributed by atoms with van der Waals surface area (Å²) in [4.78, 5) is 30.9. The molecule has 0 N–H and O–H groups in total. The van der Waals surface area contributed by atoms with Crippen LogP contribution in [0.15, 0.2) is 49.1 Å². The summed E-state index contributed by atoms with van der Waals surface area (Å²) in [5.74, 6) is 1.34. The number of benzene rings is 1. The van der Waals surface area contributed by atoms with Crippen LogP contribution in [0.2, 0.25) is 0 Å². The Morgan fingerprint density at radius 1 is 1.15 bits per heavy atom. The molecule has 1 saturated heterocycles. The molecule has 1 aliphatic rings. The third-order valence-corrected chi connectivity index (χ3v) is 5.67. The maximum Gasteiger partial charge on any atom is 0.242 e. The van der Waals surface area contributed by atoms with E-state index in [9.17, 15) is 9.59 Å². The second-order valence-electron chi connectivity index (χ2n) is 8.39. The fourth-order valence-electron chi connectivity index (χ4n) is 3.84. The van der Waals surface area contributed by atoms with Gasteiger partial charge in [0, 0.05) is 44.2 Å². The van der Waals surface area contributed by atoms with Gasteiger partial charge in [0.05, 0.1) is 12.8 Å². The maximum absolute atomic E-state index is 12.9. The van der Waals surface area contributed by atoms with Gasteiger partial charge >= 0.3 is 0 Å². The Hall–Kier alpha value is -3.42. The molecule has 8 nitrogen and oxygen atoms in total. The third kappa shape index (κ3) is 6.31. The van der Waals surface area contributed by atoms with Crippen LogP contribution in [0.3, 0.4) is 0 Å². The van der Waals surface area contributed by atoms with Gasteiger partial charge in [-0.25, -0.2) is 0 Å². The van der Waals surface area contributed by atoms with Crippen LogP contribution in [0.1, 0.15) is 20.3 Å². The van der Waals surface area contributed by atoms with Crippen LogP contribution < -0.4 is 9.64 Å². The van der Waals surface area contributed by atoms with E-state index in [0.717, 1.165) is 35.8 Å². The zero-order valence-corrected chi connectivity index (χ0v) is 19.7. The Bertz CT molecular complexity index is 961. The molecule has 2 aromatic rings. The van der Waals surface area contributed by atoms with Crippen LogP contribution in [0, 0.1) is 5.92 Å². The molecule has 0 atom stereocenters. The molecule has 0 saturated carbocycles. The van der Waals surface area contributed by atoms with Crippen LogP contribution in [-0.2, 0) is 9.59 Å². The fraction of sp³-hybridized carbons (Fsp3) is 0.440. The van der Waals surface area contributed by atoms with Crippen LogP contribution >= 0.6 is 0 Å². The van der Waals surface area contributed by atoms with Gasteiger partial charge in [-0.2, -0.15) is 0 Å². The lowest BCUT2D eigenvalue weighted by Crippen LogP contribution is -2.45. The quantitative estimate of drug-likeness (QED) is 0.575. The Balaban J connectivity index is 1.61. The van der Waals surface area contributed by atoms with Crippen molar-refractivity contribution in [3.05, 3.63) is 49.1 Å². The molecule has 0 aliphatic carbocycles. The van der Waals surface area contributed by atoms with Gasteiger partial charge in [0.25, 0.3) is 0 Å². The fourth-order valence-corrected chi connectivity index (χ4v) is 3.84. The van der Waals surface area contributed by atoms with Crippen LogP contribution in [0.5, 0.6) is 5.75 Å². The molecule has 8 heteroatoms. The van der Waals surface area contributed by atoms with Gasteiger partial charge < -0.3 is 19.4 Å². The second kappa shape index (κ2) is 11.4. The zero-order chi connectivity index (χ0) is 23.8. The number of hydrogen-bond donors (Lipinski definition) is 0. The average Bonchev–Trinajstić information content (AvgIpc) is 3.10. The normalized spacial score (nSPS) is 14.1. The van der Waals surface area contributed by atoms with Crippen molar-refractivity contribution < 1.29 is 14.3 Å². The number of ether oxygens (including phenoxy) is 1. The first-order chi connectivity index (χ1) is 15.9. The smallest absolute Gasteiger partial charge is 0.242 e. The lowest BCUT2D eigenvalue weighted by Gasteiger charge is -2.27. The van der Waals surface area contributed by atoms with Gasteiger partial charge in [0.2, 0.25) is 11.8 Å². The van der Waals surface area contributed by atoms with Crippen molar-refractivity contribution in [2.45, 2.75) is 20.3 Å². The highest BCUT2D eigenvalue weighted by Crippen LogP contribution is 2.23. The first kappa shape index (κ1) is 24.2.